The first-order valence-electron chi connectivity index (χ1n) is 4.08. The molecule has 0 heterocycles. The van der Waals surface area contributed by atoms with Crippen LogP contribution in [0, 0.1) is 0 Å². The molecule has 0 saturated carbocycles. The van der Waals surface area contributed by atoms with Crippen LogP contribution in [0.1, 0.15) is 5.56 Å². The van der Waals surface area contributed by atoms with E-state index in [1.165, 1.54) is 7.11 Å². The zero-order valence-electron chi connectivity index (χ0n) is 8.11. The van der Waals surface area contributed by atoms with Gasteiger partial charge in [-0.1, -0.05) is 16.8 Å². The molecule has 6 heteroatoms. The Balaban J connectivity index is 2.88. The third-order valence-electron chi connectivity index (χ3n) is 1.67. The van der Waals surface area contributed by atoms with Gasteiger partial charge in [-0.15, -0.1) is 0 Å². The van der Waals surface area contributed by atoms with Crippen molar-refractivity contribution in [3.63, 3.8) is 0 Å². The molecule has 15 heavy (non-hydrogen) atoms. The summed E-state index contributed by atoms with van der Waals surface area (Å²) in [5.41, 5.74) is 5.84. The van der Waals surface area contributed by atoms with E-state index in [0.717, 1.165) is 0 Å². The molecule has 0 bridgehead atoms. The van der Waals surface area contributed by atoms with Gasteiger partial charge in [0, 0.05) is 12.7 Å². The van der Waals surface area contributed by atoms with E-state index in [1.54, 1.807) is 18.2 Å². The lowest BCUT2D eigenvalue weighted by atomic mass is 10.2. The van der Waals surface area contributed by atoms with E-state index in [9.17, 15) is 0 Å². The molecule has 0 radical (unpaired) electrons. The molecule has 0 fully saturated rings. The molecular formula is C9H11ClN2O3. The van der Waals surface area contributed by atoms with Crippen LogP contribution in [-0.4, -0.2) is 24.9 Å². The molecule has 1 aromatic rings. The van der Waals surface area contributed by atoms with Crippen molar-refractivity contribution in [3.8, 4) is 5.75 Å². The largest absolute Gasteiger partial charge is 0.468 e. The second-order valence-electron chi connectivity index (χ2n) is 2.68. The van der Waals surface area contributed by atoms with E-state index in [2.05, 4.69) is 5.16 Å². The smallest absolute Gasteiger partial charge is 0.188 e. The van der Waals surface area contributed by atoms with E-state index >= 15 is 0 Å². The highest BCUT2D eigenvalue weighted by atomic mass is 35.5. The molecule has 82 valence electrons. The highest BCUT2D eigenvalue weighted by molar-refractivity contribution is 6.34. The minimum Gasteiger partial charge on any atom is -0.468 e. The molecule has 0 aliphatic heterocycles. The number of rotatable bonds is 4. The zero-order chi connectivity index (χ0) is 11.3. The van der Waals surface area contributed by atoms with Crippen LogP contribution < -0.4 is 10.5 Å². The van der Waals surface area contributed by atoms with Crippen molar-refractivity contribution in [2.24, 2.45) is 10.9 Å². The van der Waals surface area contributed by atoms with Gasteiger partial charge in [-0.05, 0) is 18.2 Å². The van der Waals surface area contributed by atoms with Crippen molar-refractivity contribution >= 4 is 17.4 Å². The van der Waals surface area contributed by atoms with Gasteiger partial charge in [0.05, 0.1) is 5.02 Å². The number of amidine groups is 1. The number of oxime groups is 1. The summed E-state index contributed by atoms with van der Waals surface area (Å²) < 4.78 is 9.89. The van der Waals surface area contributed by atoms with E-state index in [1.807, 2.05) is 0 Å². The Morgan fingerprint density at radius 2 is 2.33 bits per heavy atom. The van der Waals surface area contributed by atoms with E-state index in [-0.39, 0.29) is 12.6 Å². The Bertz CT molecular complexity index is 368. The van der Waals surface area contributed by atoms with Crippen LogP contribution in [0.15, 0.2) is 23.4 Å². The first kappa shape index (κ1) is 11.6. The van der Waals surface area contributed by atoms with Gasteiger partial charge in [-0.25, -0.2) is 0 Å². The summed E-state index contributed by atoms with van der Waals surface area (Å²) in [5, 5.41) is 11.7. The van der Waals surface area contributed by atoms with Crippen LogP contribution in [0.5, 0.6) is 5.75 Å². The van der Waals surface area contributed by atoms with E-state index in [0.29, 0.717) is 16.3 Å². The van der Waals surface area contributed by atoms with Crippen LogP contribution in [0.3, 0.4) is 0 Å². The second kappa shape index (κ2) is 5.43. The van der Waals surface area contributed by atoms with E-state index in [4.69, 9.17) is 32.0 Å². The van der Waals surface area contributed by atoms with Crippen LogP contribution in [-0.2, 0) is 4.74 Å². The number of hydrogen-bond donors (Lipinski definition) is 2. The van der Waals surface area contributed by atoms with Crippen LogP contribution >= 0.6 is 11.6 Å². The predicted molar refractivity (Wildman–Crippen MR) is 56.5 cm³/mol. The Morgan fingerprint density at radius 1 is 1.60 bits per heavy atom. The average Bonchev–Trinajstić information content (AvgIpc) is 2.25. The molecule has 0 aliphatic rings. The minimum atomic E-state index is -0.0432. The molecule has 0 aliphatic carbocycles. The highest BCUT2D eigenvalue weighted by Gasteiger charge is 2.06. The lowest BCUT2D eigenvalue weighted by Crippen LogP contribution is -2.13. The fourth-order valence-corrected chi connectivity index (χ4v) is 1.24. The summed E-state index contributed by atoms with van der Waals surface area (Å²) >= 11 is 5.89. The first-order chi connectivity index (χ1) is 7.19. The number of hydrogen-bond acceptors (Lipinski definition) is 4. The number of benzene rings is 1. The van der Waals surface area contributed by atoms with Crippen molar-refractivity contribution in [2.75, 3.05) is 13.9 Å². The van der Waals surface area contributed by atoms with Crippen molar-refractivity contribution in [2.45, 2.75) is 0 Å². The molecule has 0 aromatic heterocycles. The van der Waals surface area contributed by atoms with Crippen molar-refractivity contribution in [3.05, 3.63) is 28.8 Å². The molecule has 0 unspecified atom stereocenters. The standard InChI is InChI=1S/C9H11ClN2O3/c1-14-5-15-6-2-3-7(8(10)4-6)9(11)12-13/h2-4,13H,5H2,1H3,(H2,11,12). The summed E-state index contributed by atoms with van der Waals surface area (Å²) in [6, 6.07) is 4.81. The molecule has 1 rings (SSSR count). The van der Waals surface area contributed by atoms with Crippen LogP contribution in [0.2, 0.25) is 5.02 Å². The Morgan fingerprint density at radius 3 is 2.87 bits per heavy atom. The van der Waals surface area contributed by atoms with Gasteiger partial charge in [0.2, 0.25) is 0 Å². The molecule has 5 nitrogen and oxygen atoms in total. The average molecular weight is 231 g/mol. The third kappa shape index (κ3) is 3.00. The maximum absolute atomic E-state index is 8.48. The van der Waals surface area contributed by atoms with Gasteiger partial charge in [-0.3, -0.25) is 0 Å². The van der Waals surface area contributed by atoms with Crippen LogP contribution in [0.25, 0.3) is 0 Å². The summed E-state index contributed by atoms with van der Waals surface area (Å²) in [6.45, 7) is 0.138. The second-order valence-corrected chi connectivity index (χ2v) is 3.08. The topological polar surface area (TPSA) is 77.1 Å². The van der Waals surface area contributed by atoms with Crippen molar-refractivity contribution in [1.82, 2.24) is 0 Å². The van der Waals surface area contributed by atoms with Gasteiger partial charge < -0.3 is 20.4 Å². The SMILES string of the molecule is COCOc1ccc(/C(N)=N/O)c(Cl)c1. The zero-order valence-corrected chi connectivity index (χ0v) is 8.86. The number of ether oxygens (including phenoxy) is 2. The molecule has 0 saturated heterocycles. The lowest BCUT2D eigenvalue weighted by molar-refractivity contribution is 0.0511. The fraction of sp³-hybridized carbons (Fsp3) is 0.222. The third-order valence-corrected chi connectivity index (χ3v) is 1.98. The predicted octanol–water partition coefficient (Wildman–Crippen LogP) is 1.42. The normalized spacial score (nSPS) is 11.5. The minimum absolute atomic E-state index is 0.0432. The van der Waals surface area contributed by atoms with Gasteiger partial charge in [-0.2, -0.15) is 0 Å². The summed E-state index contributed by atoms with van der Waals surface area (Å²) in [7, 11) is 1.52. The number of nitrogens with two attached hydrogens (primary N) is 1. The Kier molecular flexibility index (Phi) is 4.20. The summed E-state index contributed by atoms with van der Waals surface area (Å²) in [5.74, 6) is 0.509. The van der Waals surface area contributed by atoms with Crippen LogP contribution in [0.4, 0.5) is 0 Å². The van der Waals surface area contributed by atoms with Gasteiger partial charge in [0.1, 0.15) is 5.75 Å². The van der Waals surface area contributed by atoms with Gasteiger partial charge >= 0.3 is 0 Å². The van der Waals surface area contributed by atoms with Gasteiger partial charge in [0.15, 0.2) is 12.6 Å². The fourth-order valence-electron chi connectivity index (χ4n) is 0.974. The maximum Gasteiger partial charge on any atom is 0.188 e. The van der Waals surface area contributed by atoms with Crippen molar-refractivity contribution < 1.29 is 14.7 Å². The lowest BCUT2D eigenvalue weighted by Gasteiger charge is -2.07. The molecule has 0 amide bonds. The molecular weight excluding hydrogens is 220 g/mol. The maximum atomic E-state index is 8.48. The first-order valence-corrected chi connectivity index (χ1v) is 4.46. The monoisotopic (exact) mass is 230 g/mol. The Hall–Kier alpha value is -1.46. The van der Waals surface area contributed by atoms with Crippen molar-refractivity contribution in [1.29, 1.82) is 0 Å². The summed E-state index contributed by atoms with van der Waals surface area (Å²) in [6.07, 6.45) is 0. The molecule has 0 spiro atoms. The Labute approximate surface area is 92.0 Å². The molecule has 1 aromatic carbocycles. The summed E-state index contributed by atoms with van der Waals surface area (Å²) in [4.78, 5) is 0. The highest BCUT2D eigenvalue weighted by Crippen LogP contribution is 2.22. The molecule has 3 N–H and O–H groups in total. The van der Waals surface area contributed by atoms with Gasteiger partial charge in [0.25, 0.3) is 0 Å². The number of halogens is 1. The number of nitrogens with zero attached hydrogens (tertiary/aromatic N) is 1. The number of methoxy groups -OCH3 is 1. The quantitative estimate of drug-likeness (QED) is 0.270. The van der Waals surface area contributed by atoms with E-state index < -0.39 is 0 Å². The molecule has 0 atom stereocenters.